The van der Waals surface area contributed by atoms with Crippen molar-refractivity contribution in [3.8, 4) is 0 Å². The van der Waals surface area contributed by atoms with E-state index in [1.165, 1.54) is 25.3 Å². The molecule has 2 N–H and O–H groups in total. The summed E-state index contributed by atoms with van der Waals surface area (Å²) in [6.07, 6.45) is 0.0122. The van der Waals surface area contributed by atoms with E-state index in [2.05, 4.69) is 4.74 Å². The Kier molecular flexibility index (Phi) is 4.78. The minimum absolute atomic E-state index is 0.0122. The third kappa shape index (κ3) is 4.32. The predicted octanol–water partition coefficient (Wildman–Crippen LogP) is 1.64. The number of hydrogen-bond donors (Lipinski definition) is 1. The van der Waals surface area contributed by atoms with Crippen LogP contribution in [0.15, 0.2) is 18.2 Å². The number of hydrogen-bond acceptors (Lipinski definition) is 5. The van der Waals surface area contributed by atoms with Crippen molar-refractivity contribution in [2.24, 2.45) is 0 Å². The molecule has 6 heteroatoms. The fraction of sp³-hybridized carbons (Fsp3) is 0.273. The number of carbonyl (C=O) groups excluding carboxylic acids is 2. The van der Waals surface area contributed by atoms with Crippen LogP contribution < -0.4 is 5.73 Å². The number of halogens is 1. The molecule has 0 aliphatic rings. The minimum atomic E-state index is -0.580. The molecule has 0 atom stereocenters. The van der Waals surface area contributed by atoms with E-state index in [9.17, 15) is 9.59 Å². The van der Waals surface area contributed by atoms with Crippen LogP contribution in [-0.2, 0) is 14.3 Å². The summed E-state index contributed by atoms with van der Waals surface area (Å²) < 4.78 is 9.26. The van der Waals surface area contributed by atoms with Gasteiger partial charge in [0.15, 0.2) is 0 Å². The number of anilines is 1. The van der Waals surface area contributed by atoms with Crippen molar-refractivity contribution >= 4 is 29.2 Å². The van der Waals surface area contributed by atoms with Gasteiger partial charge in [0.25, 0.3) is 0 Å². The Hall–Kier alpha value is -1.75. The first-order valence-corrected chi connectivity index (χ1v) is 5.20. The molecular formula is C11H12ClNO4. The Bertz CT molecular complexity index is 413. The molecule has 0 aliphatic carbocycles. The molecule has 0 aromatic heterocycles. The standard InChI is InChI=1S/C11H12ClNO4/c1-16-10(14)2-3-17-11(15)7-4-8(12)6-9(13)5-7/h4-6H,2-3,13H2,1H3. The molecule has 0 unspecified atom stereocenters. The van der Waals surface area contributed by atoms with E-state index >= 15 is 0 Å². The summed E-state index contributed by atoms with van der Waals surface area (Å²) in [5.41, 5.74) is 6.15. The molecule has 1 aromatic rings. The number of esters is 2. The molecule has 0 spiro atoms. The van der Waals surface area contributed by atoms with Gasteiger partial charge in [0.05, 0.1) is 19.1 Å². The average molecular weight is 258 g/mol. The van der Waals surface area contributed by atoms with Gasteiger partial charge in [-0.15, -0.1) is 0 Å². The quantitative estimate of drug-likeness (QED) is 0.655. The molecule has 5 nitrogen and oxygen atoms in total. The lowest BCUT2D eigenvalue weighted by Crippen LogP contribution is -2.11. The first kappa shape index (κ1) is 13.3. The van der Waals surface area contributed by atoms with Crippen LogP contribution in [0.1, 0.15) is 16.8 Å². The molecule has 0 fully saturated rings. The van der Waals surface area contributed by atoms with Crippen molar-refractivity contribution in [3.05, 3.63) is 28.8 Å². The lowest BCUT2D eigenvalue weighted by atomic mass is 10.2. The molecule has 1 rings (SSSR count). The number of rotatable bonds is 4. The second-order valence-electron chi connectivity index (χ2n) is 3.24. The van der Waals surface area contributed by atoms with E-state index < -0.39 is 11.9 Å². The van der Waals surface area contributed by atoms with Crippen LogP contribution in [0, 0.1) is 0 Å². The number of nitrogens with two attached hydrogens (primary N) is 1. The van der Waals surface area contributed by atoms with Gasteiger partial charge in [-0.1, -0.05) is 11.6 Å². The van der Waals surface area contributed by atoms with Crippen molar-refractivity contribution in [3.63, 3.8) is 0 Å². The van der Waals surface area contributed by atoms with Gasteiger partial charge in [0.2, 0.25) is 0 Å². The highest BCUT2D eigenvalue weighted by Gasteiger charge is 2.10. The molecule has 0 heterocycles. The van der Waals surface area contributed by atoms with Gasteiger partial charge in [-0.3, -0.25) is 4.79 Å². The molecule has 92 valence electrons. The average Bonchev–Trinajstić information content (AvgIpc) is 2.27. The molecule has 0 saturated carbocycles. The van der Waals surface area contributed by atoms with Gasteiger partial charge in [-0.2, -0.15) is 0 Å². The summed E-state index contributed by atoms with van der Waals surface area (Å²) in [7, 11) is 1.27. The smallest absolute Gasteiger partial charge is 0.338 e. The Morgan fingerprint density at radius 1 is 1.35 bits per heavy atom. The van der Waals surface area contributed by atoms with Crippen molar-refractivity contribution in [2.75, 3.05) is 19.5 Å². The van der Waals surface area contributed by atoms with Crippen molar-refractivity contribution in [1.29, 1.82) is 0 Å². The zero-order valence-corrected chi connectivity index (χ0v) is 9.99. The van der Waals surface area contributed by atoms with Crippen LogP contribution in [0.25, 0.3) is 0 Å². The van der Waals surface area contributed by atoms with Crippen molar-refractivity contribution < 1.29 is 19.1 Å². The second-order valence-corrected chi connectivity index (χ2v) is 3.67. The highest BCUT2D eigenvalue weighted by molar-refractivity contribution is 6.31. The first-order valence-electron chi connectivity index (χ1n) is 4.83. The van der Waals surface area contributed by atoms with E-state index in [1.54, 1.807) is 0 Å². The fourth-order valence-electron chi connectivity index (χ4n) is 1.14. The van der Waals surface area contributed by atoms with E-state index in [4.69, 9.17) is 22.1 Å². The monoisotopic (exact) mass is 257 g/mol. The second kappa shape index (κ2) is 6.10. The lowest BCUT2D eigenvalue weighted by Gasteiger charge is -2.05. The summed E-state index contributed by atoms with van der Waals surface area (Å²) in [6, 6.07) is 4.41. The van der Waals surface area contributed by atoms with E-state index in [1.807, 2.05) is 0 Å². The maximum Gasteiger partial charge on any atom is 0.338 e. The summed E-state index contributed by atoms with van der Waals surface area (Å²) in [5.74, 6) is -1.02. The summed E-state index contributed by atoms with van der Waals surface area (Å²) in [4.78, 5) is 22.3. The molecule has 0 radical (unpaired) electrons. The highest BCUT2D eigenvalue weighted by Crippen LogP contribution is 2.17. The van der Waals surface area contributed by atoms with Crippen molar-refractivity contribution in [1.82, 2.24) is 0 Å². The van der Waals surface area contributed by atoms with Crippen LogP contribution in [0.3, 0.4) is 0 Å². The molecule has 0 amide bonds. The van der Waals surface area contributed by atoms with Gasteiger partial charge in [-0.05, 0) is 18.2 Å². The highest BCUT2D eigenvalue weighted by atomic mass is 35.5. The molecule has 0 aliphatic heterocycles. The van der Waals surface area contributed by atoms with Crippen LogP contribution in [-0.4, -0.2) is 25.7 Å². The Morgan fingerprint density at radius 3 is 2.65 bits per heavy atom. The molecule has 1 aromatic carbocycles. The number of benzene rings is 1. The van der Waals surface area contributed by atoms with Crippen LogP contribution in [0.4, 0.5) is 5.69 Å². The number of carbonyl (C=O) groups is 2. The van der Waals surface area contributed by atoms with E-state index in [-0.39, 0.29) is 18.6 Å². The zero-order valence-electron chi connectivity index (χ0n) is 9.23. The van der Waals surface area contributed by atoms with Crippen LogP contribution >= 0.6 is 11.6 Å². The first-order chi connectivity index (χ1) is 8.02. The normalized spacial score (nSPS) is 9.76. The predicted molar refractivity (Wildman–Crippen MR) is 62.8 cm³/mol. The summed E-state index contributed by atoms with van der Waals surface area (Å²) in [6.45, 7) is -0.0437. The fourth-order valence-corrected chi connectivity index (χ4v) is 1.39. The topological polar surface area (TPSA) is 78.6 Å². The third-order valence-electron chi connectivity index (χ3n) is 1.92. The minimum Gasteiger partial charge on any atom is -0.469 e. The van der Waals surface area contributed by atoms with Crippen molar-refractivity contribution in [2.45, 2.75) is 6.42 Å². The Balaban J connectivity index is 2.55. The Morgan fingerprint density at radius 2 is 2.06 bits per heavy atom. The van der Waals surface area contributed by atoms with Crippen LogP contribution in [0.2, 0.25) is 5.02 Å². The third-order valence-corrected chi connectivity index (χ3v) is 2.14. The summed E-state index contributed by atoms with van der Waals surface area (Å²) in [5, 5.41) is 0.352. The largest absolute Gasteiger partial charge is 0.469 e. The SMILES string of the molecule is COC(=O)CCOC(=O)c1cc(N)cc(Cl)c1. The van der Waals surface area contributed by atoms with Crippen LogP contribution in [0.5, 0.6) is 0 Å². The number of methoxy groups -OCH3 is 1. The van der Waals surface area contributed by atoms with Gasteiger partial charge in [-0.25, -0.2) is 4.79 Å². The maximum atomic E-state index is 11.5. The Labute approximate surface area is 103 Å². The molecular weight excluding hydrogens is 246 g/mol. The molecule has 0 saturated heterocycles. The molecule has 17 heavy (non-hydrogen) atoms. The lowest BCUT2D eigenvalue weighted by molar-refractivity contribution is -0.141. The van der Waals surface area contributed by atoms with Gasteiger partial charge >= 0.3 is 11.9 Å². The number of ether oxygens (including phenoxy) is 2. The number of nitrogen functional groups attached to an aromatic ring is 1. The zero-order chi connectivity index (χ0) is 12.8. The van der Waals surface area contributed by atoms with Gasteiger partial charge in [0, 0.05) is 10.7 Å². The van der Waals surface area contributed by atoms with E-state index in [0.717, 1.165) is 0 Å². The van der Waals surface area contributed by atoms with Gasteiger partial charge in [0.1, 0.15) is 6.61 Å². The molecule has 0 bridgehead atoms. The van der Waals surface area contributed by atoms with Gasteiger partial charge < -0.3 is 15.2 Å². The maximum absolute atomic E-state index is 11.5. The summed E-state index contributed by atoms with van der Waals surface area (Å²) >= 11 is 5.74. The van der Waals surface area contributed by atoms with E-state index in [0.29, 0.717) is 10.7 Å².